The summed E-state index contributed by atoms with van der Waals surface area (Å²) in [5.41, 5.74) is 12.5. The molecule has 0 saturated carbocycles. The number of ether oxygens (including phenoxy) is 2. The summed E-state index contributed by atoms with van der Waals surface area (Å²) >= 11 is 0. The van der Waals surface area contributed by atoms with Gasteiger partial charge in [-0.2, -0.15) is 5.10 Å². The first-order chi connectivity index (χ1) is 19.2. The molecule has 0 N–H and O–H groups in total. The second kappa shape index (κ2) is 11.5. The maximum absolute atomic E-state index is 6.06. The highest BCUT2D eigenvalue weighted by molar-refractivity contribution is 5.84. The zero-order valence-electron chi connectivity index (χ0n) is 22.1. The van der Waals surface area contributed by atoms with Gasteiger partial charge >= 0.3 is 0 Å². The van der Waals surface area contributed by atoms with Crippen LogP contribution in [-0.2, 0) is 9.47 Å². The van der Waals surface area contributed by atoms with E-state index in [0.717, 1.165) is 82.8 Å². The van der Waals surface area contributed by atoms with Crippen molar-refractivity contribution in [1.82, 2.24) is 14.8 Å². The highest BCUT2D eigenvalue weighted by Gasteiger charge is 2.22. The minimum absolute atomic E-state index is 0.0488. The van der Waals surface area contributed by atoms with Crippen LogP contribution < -0.4 is 0 Å². The molecule has 1 saturated heterocycles. The molecule has 5 nitrogen and oxygen atoms in total. The molecule has 0 amide bonds. The Morgan fingerprint density at radius 3 is 2.82 bits per heavy atom. The number of hydrogen-bond donors (Lipinski definition) is 0. The Kier molecular flexibility index (Phi) is 7.35. The molecule has 2 aromatic heterocycles. The molecule has 1 unspecified atom stereocenters. The van der Waals surface area contributed by atoms with Crippen molar-refractivity contribution in [2.45, 2.75) is 38.8 Å². The van der Waals surface area contributed by atoms with Crippen LogP contribution in [0.3, 0.4) is 0 Å². The molecule has 1 atom stereocenters. The zero-order chi connectivity index (χ0) is 26.4. The maximum atomic E-state index is 6.06. The molecule has 5 heteroatoms. The lowest BCUT2D eigenvalue weighted by Gasteiger charge is -2.22. The molecular formula is C34H31N3O2. The third kappa shape index (κ3) is 5.70. The fraction of sp³-hybridized carbons (Fsp3) is 0.206. The fourth-order valence-corrected chi connectivity index (χ4v) is 5.00. The Balaban J connectivity index is 1.39. The summed E-state index contributed by atoms with van der Waals surface area (Å²) in [6.07, 6.45) is 32.6. The van der Waals surface area contributed by atoms with Crippen molar-refractivity contribution in [3.05, 3.63) is 143 Å². The van der Waals surface area contributed by atoms with Crippen LogP contribution >= 0.6 is 0 Å². The molecule has 4 aliphatic rings. The van der Waals surface area contributed by atoms with Gasteiger partial charge in [0.15, 0.2) is 0 Å². The van der Waals surface area contributed by atoms with E-state index in [9.17, 15) is 0 Å². The summed E-state index contributed by atoms with van der Waals surface area (Å²) in [7, 11) is 0. The molecule has 2 aliphatic carbocycles. The van der Waals surface area contributed by atoms with E-state index in [1.165, 1.54) is 0 Å². The number of pyridine rings is 1. The largest absolute Gasteiger partial charge is 0.472 e. The number of rotatable bonds is 4. The third-order valence-electron chi connectivity index (χ3n) is 7.01. The molecule has 2 aromatic rings. The number of aromatic nitrogens is 3. The van der Waals surface area contributed by atoms with Gasteiger partial charge in [0.2, 0.25) is 0 Å². The van der Waals surface area contributed by atoms with Gasteiger partial charge in [-0.15, -0.1) is 5.73 Å². The molecule has 0 bridgehead atoms. The minimum atomic E-state index is -0.0488. The van der Waals surface area contributed by atoms with Gasteiger partial charge in [-0.3, -0.25) is 4.98 Å². The molecule has 0 aromatic carbocycles. The van der Waals surface area contributed by atoms with Gasteiger partial charge in [0.25, 0.3) is 0 Å². The highest BCUT2D eigenvalue weighted by Crippen LogP contribution is 2.33. The van der Waals surface area contributed by atoms with Gasteiger partial charge in [0, 0.05) is 35.2 Å². The Labute approximate surface area is 229 Å². The highest BCUT2D eigenvalue weighted by atomic mass is 16.5. The van der Waals surface area contributed by atoms with Crippen molar-refractivity contribution < 1.29 is 9.47 Å². The van der Waals surface area contributed by atoms with E-state index in [1.807, 2.05) is 42.0 Å². The Bertz CT molecular complexity index is 1570. The van der Waals surface area contributed by atoms with Gasteiger partial charge in [0.1, 0.15) is 11.9 Å². The first-order valence-corrected chi connectivity index (χ1v) is 13.5. The standard InChI is InChI=1S/C34H31N3O2/c1-25-10-8-16-32(35-25)34-31(23-37(36-34)33-17-5-7-21-39-33)27-14-9-15-28-22-29(30-13-4-6-20-38-24-30)12-3-2-11-26(28)18-19-27/h2,4,6,8-10,12-16,18-20,22-24,33H,3,5,7,17,21H2,1H3/b15-9+,19-18?,27-14?,28-22-,29-12+. The lowest BCUT2D eigenvalue weighted by molar-refractivity contribution is -0.0393. The summed E-state index contributed by atoms with van der Waals surface area (Å²) < 4.78 is 13.5. The van der Waals surface area contributed by atoms with E-state index in [4.69, 9.17) is 19.6 Å². The molecule has 0 spiro atoms. The average Bonchev–Trinajstić information content (AvgIpc) is 3.20. The Morgan fingerprint density at radius 1 is 0.974 bits per heavy atom. The number of aryl methyl sites for hydroxylation is 1. The normalized spacial score (nSPS) is 24.1. The lowest BCUT2D eigenvalue weighted by Crippen LogP contribution is -2.18. The van der Waals surface area contributed by atoms with Crippen molar-refractivity contribution in [3.63, 3.8) is 0 Å². The van der Waals surface area contributed by atoms with Crippen molar-refractivity contribution in [1.29, 1.82) is 0 Å². The first kappa shape index (κ1) is 24.9. The zero-order valence-corrected chi connectivity index (χ0v) is 22.1. The van der Waals surface area contributed by atoms with Crippen LogP contribution in [0.25, 0.3) is 17.0 Å². The van der Waals surface area contributed by atoms with Crippen molar-refractivity contribution in [3.8, 4) is 11.4 Å². The van der Waals surface area contributed by atoms with E-state index in [0.29, 0.717) is 0 Å². The van der Waals surface area contributed by atoms with Crippen LogP contribution in [0.2, 0.25) is 0 Å². The van der Waals surface area contributed by atoms with Crippen LogP contribution in [0.5, 0.6) is 0 Å². The maximum Gasteiger partial charge on any atom is 0.150 e. The predicted molar refractivity (Wildman–Crippen MR) is 155 cm³/mol. The van der Waals surface area contributed by atoms with Crippen molar-refractivity contribution in [2.75, 3.05) is 6.61 Å². The lowest BCUT2D eigenvalue weighted by atomic mass is 9.93. The van der Waals surface area contributed by atoms with Crippen LogP contribution in [0, 0.1) is 6.92 Å². The number of fused-ring (bicyclic) bond motifs is 1. The summed E-state index contributed by atoms with van der Waals surface area (Å²) in [4.78, 5) is 4.80. The van der Waals surface area contributed by atoms with Crippen molar-refractivity contribution >= 4 is 5.57 Å². The molecule has 6 rings (SSSR count). The number of hydrogen-bond acceptors (Lipinski definition) is 4. The fourth-order valence-electron chi connectivity index (χ4n) is 5.00. The van der Waals surface area contributed by atoms with Crippen LogP contribution in [0.4, 0.5) is 0 Å². The van der Waals surface area contributed by atoms with E-state index in [2.05, 4.69) is 66.6 Å². The Hall–Kier alpha value is -4.44. The summed E-state index contributed by atoms with van der Waals surface area (Å²) in [5.74, 6) is 0. The number of nitrogens with zero attached hydrogens (tertiary/aromatic N) is 3. The van der Waals surface area contributed by atoms with E-state index in [-0.39, 0.29) is 6.23 Å². The summed E-state index contributed by atoms with van der Waals surface area (Å²) in [6.45, 7) is 2.78. The second-order valence-electron chi connectivity index (χ2n) is 9.83. The van der Waals surface area contributed by atoms with Gasteiger partial charge in [-0.25, -0.2) is 4.68 Å². The molecule has 0 radical (unpaired) electrons. The van der Waals surface area contributed by atoms with Gasteiger partial charge in [-0.05, 0) is 85.8 Å². The minimum Gasteiger partial charge on any atom is -0.472 e. The van der Waals surface area contributed by atoms with E-state index >= 15 is 0 Å². The van der Waals surface area contributed by atoms with E-state index < -0.39 is 0 Å². The molecular weight excluding hydrogens is 482 g/mol. The van der Waals surface area contributed by atoms with Crippen LogP contribution in [0.15, 0.2) is 132 Å². The van der Waals surface area contributed by atoms with Gasteiger partial charge in [0.05, 0.1) is 18.2 Å². The molecule has 2 aliphatic heterocycles. The molecule has 4 heterocycles. The van der Waals surface area contributed by atoms with Gasteiger partial charge < -0.3 is 9.47 Å². The Morgan fingerprint density at radius 2 is 1.92 bits per heavy atom. The van der Waals surface area contributed by atoms with E-state index in [1.54, 1.807) is 12.5 Å². The smallest absolute Gasteiger partial charge is 0.150 e. The second-order valence-corrected chi connectivity index (χ2v) is 9.83. The van der Waals surface area contributed by atoms with Crippen LogP contribution in [-0.4, -0.2) is 21.4 Å². The summed E-state index contributed by atoms with van der Waals surface area (Å²) in [6, 6.07) is 6.07. The predicted octanol–water partition coefficient (Wildman–Crippen LogP) is 7.78. The summed E-state index contributed by atoms with van der Waals surface area (Å²) in [5, 5.41) is 5.01. The molecule has 194 valence electrons. The monoisotopic (exact) mass is 513 g/mol. The molecule has 39 heavy (non-hydrogen) atoms. The van der Waals surface area contributed by atoms with Crippen LogP contribution in [0.1, 0.15) is 43.2 Å². The SMILES string of the molecule is Cc1cccc(-c2nn(C3CCCCO3)cc2C2=C/C=C/C3=C/C(C4=COC=CC=C4)=C\CC=C=C3C=C2)n1. The quantitative estimate of drug-likeness (QED) is 0.392. The first-order valence-electron chi connectivity index (χ1n) is 13.5. The number of allylic oxidation sites excluding steroid dienone is 15. The third-order valence-corrected chi connectivity index (χ3v) is 7.01. The average molecular weight is 514 g/mol. The topological polar surface area (TPSA) is 49.2 Å². The van der Waals surface area contributed by atoms with Crippen molar-refractivity contribution in [2.24, 2.45) is 0 Å². The molecule has 1 fully saturated rings. The van der Waals surface area contributed by atoms with Gasteiger partial charge in [-0.1, -0.05) is 48.6 Å².